The van der Waals surface area contributed by atoms with Crippen LogP contribution in [0, 0.1) is 0 Å². The molecular formula is C12H21N5. The van der Waals surface area contributed by atoms with E-state index < -0.39 is 0 Å². The minimum atomic E-state index is 0.563. The summed E-state index contributed by atoms with van der Waals surface area (Å²) in [6.07, 6.45) is 3.54. The van der Waals surface area contributed by atoms with Gasteiger partial charge in [0, 0.05) is 38.5 Å². The first-order valence-electron chi connectivity index (χ1n) is 6.66. The lowest BCUT2D eigenvalue weighted by atomic mass is 9.99. The van der Waals surface area contributed by atoms with Crippen molar-refractivity contribution in [3.63, 3.8) is 0 Å². The van der Waals surface area contributed by atoms with Crippen LogP contribution in [0.25, 0.3) is 0 Å². The topological polar surface area (TPSA) is 46.0 Å². The summed E-state index contributed by atoms with van der Waals surface area (Å²) in [5, 5.41) is 12.3. The van der Waals surface area contributed by atoms with Crippen molar-refractivity contribution in [1.82, 2.24) is 25.0 Å². The Bertz CT molecular complexity index is 380. The van der Waals surface area contributed by atoms with Crippen molar-refractivity contribution in [2.24, 2.45) is 0 Å². The predicted molar refractivity (Wildman–Crippen MR) is 66.1 cm³/mol. The van der Waals surface area contributed by atoms with Crippen LogP contribution in [0.1, 0.15) is 30.4 Å². The summed E-state index contributed by atoms with van der Waals surface area (Å²) in [6, 6.07) is 0. The molecule has 0 spiro atoms. The SMILES string of the molecule is CN1CCc2nnc([C@H]3CCCNC3)n2CC1. The summed E-state index contributed by atoms with van der Waals surface area (Å²) in [5.41, 5.74) is 0. The lowest BCUT2D eigenvalue weighted by molar-refractivity contribution is 0.336. The molecule has 17 heavy (non-hydrogen) atoms. The fourth-order valence-electron chi connectivity index (χ4n) is 2.83. The van der Waals surface area contributed by atoms with Gasteiger partial charge >= 0.3 is 0 Å². The smallest absolute Gasteiger partial charge is 0.137 e. The van der Waals surface area contributed by atoms with E-state index in [1.54, 1.807) is 0 Å². The van der Waals surface area contributed by atoms with E-state index in [0.717, 1.165) is 39.1 Å². The largest absolute Gasteiger partial charge is 0.316 e. The average Bonchev–Trinajstić information content (AvgIpc) is 2.69. The van der Waals surface area contributed by atoms with Gasteiger partial charge in [0.25, 0.3) is 0 Å². The molecule has 3 heterocycles. The standard InChI is InChI=1S/C12H21N5/c1-16-6-4-11-14-15-12(17(11)8-7-16)10-3-2-5-13-9-10/h10,13H,2-9H2,1H3/t10-/m0/s1. The van der Waals surface area contributed by atoms with Gasteiger partial charge in [0.05, 0.1) is 0 Å². The van der Waals surface area contributed by atoms with Crippen LogP contribution in [-0.2, 0) is 13.0 Å². The number of hydrogen-bond acceptors (Lipinski definition) is 4. The fourth-order valence-corrected chi connectivity index (χ4v) is 2.83. The van der Waals surface area contributed by atoms with Crippen molar-refractivity contribution >= 4 is 0 Å². The molecule has 5 nitrogen and oxygen atoms in total. The molecule has 0 bridgehead atoms. The van der Waals surface area contributed by atoms with E-state index in [1.165, 1.54) is 24.5 Å². The molecule has 1 fully saturated rings. The lowest BCUT2D eigenvalue weighted by Crippen LogP contribution is -2.30. The molecule has 1 N–H and O–H groups in total. The third-order valence-electron chi connectivity index (χ3n) is 3.94. The highest BCUT2D eigenvalue weighted by atomic mass is 15.3. The van der Waals surface area contributed by atoms with E-state index >= 15 is 0 Å². The van der Waals surface area contributed by atoms with Crippen molar-refractivity contribution in [3.05, 3.63) is 11.6 Å². The zero-order valence-electron chi connectivity index (χ0n) is 10.5. The zero-order valence-corrected chi connectivity index (χ0v) is 10.5. The number of aromatic nitrogens is 3. The van der Waals surface area contributed by atoms with Crippen LogP contribution in [0.3, 0.4) is 0 Å². The summed E-state index contributed by atoms with van der Waals surface area (Å²) < 4.78 is 2.36. The minimum absolute atomic E-state index is 0.563. The van der Waals surface area contributed by atoms with Crippen LogP contribution in [-0.4, -0.2) is 52.9 Å². The first kappa shape index (κ1) is 11.2. The Hall–Kier alpha value is -0.940. The number of hydrogen-bond donors (Lipinski definition) is 1. The van der Waals surface area contributed by atoms with Crippen molar-refractivity contribution in [3.8, 4) is 0 Å². The van der Waals surface area contributed by atoms with Crippen LogP contribution >= 0.6 is 0 Å². The van der Waals surface area contributed by atoms with Gasteiger partial charge in [-0.05, 0) is 26.4 Å². The van der Waals surface area contributed by atoms with Gasteiger partial charge in [-0.25, -0.2) is 0 Å². The van der Waals surface area contributed by atoms with E-state index in [0.29, 0.717) is 5.92 Å². The van der Waals surface area contributed by atoms with Gasteiger partial charge in [-0.15, -0.1) is 10.2 Å². The molecule has 0 amide bonds. The Labute approximate surface area is 102 Å². The third-order valence-corrected chi connectivity index (χ3v) is 3.94. The monoisotopic (exact) mass is 235 g/mol. The predicted octanol–water partition coefficient (Wildman–Crippen LogP) is 0.233. The molecule has 0 unspecified atom stereocenters. The molecule has 5 heteroatoms. The summed E-state index contributed by atoms with van der Waals surface area (Å²) in [7, 11) is 2.18. The second-order valence-corrected chi connectivity index (χ2v) is 5.22. The highest BCUT2D eigenvalue weighted by Crippen LogP contribution is 2.23. The third kappa shape index (κ3) is 2.21. The molecule has 1 saturated heterocycles. The van der Waals surface area contributed by atoms with Crippen molar-refractivity contribution in [2.45, 2.75) is 31.7 Å². The van der Waals surface area contributed by atoms with E-state index in [4.69, 9.17) is 0 Å². The molecule has 94 valence electrons. The van der Waals surface area contributed by atoms with Crippen LogP contribution in [0.4, 0.5) is 0 Å². The van der Waals surface area contributed by atoms with Crippen molar-refractivity contribution in [2.75, 3.05) is 33.2 Å². The molecule has 2 aliphatic rings. The zero-order chi connectivity index (χ0) is 11.7. The molecule has 0 aromatic carbocycles. The van der Waals surface area contributed by atoms with Gasteiger partial charge in [-0.2, -0.15) is 0 Å². The van der Waals surface area contributed by atoms with Gasteiger partial charge in [-0.3, -0.25) is 0 Å². The molecule has 0 aliphatic carbocycles. The first-order valence-corrected chi connectivity index (χ1v) is 6.66. The Kier molecular flexibility index (Phi) is 3.11. The summed E-state index contributed by atoms with van der Waals surface area (Å²) >= 11 is 0. The van der Waals surface area contributed by atoms with Crippen LogP contribution < -0.4 is 5.32 Å². The van der Waals surface area contributed by atoms with E-state index in [-0.39, 0.29) is 0 Å². The molecule has 0 radical (unpaired) electrons. The van der Waals surface area contributed by atoms with Crippen LogP contribution in [0.2, 0.25) is 0 Å². The van der Waals surface area contributed by atoms with Gasteiger partial charge in [0.1, 0.15) is 11.6 Å². The van der Waals surface area contributed by atoms with Crippen LogP contribution in [0.15, 0.2) is 0 Å². The Morgan fingerprint density at radius 1 is 1.24 bits per heavy atom. The second kappa shape index (κ2) is 4.74. The Morgan fingerprint density at radius 3 is 3.00 bits per heavy atom. The quantitative estimate of drug-likeness (QED) is 0.757. The molecule has 1 atom stereocenters. The summed E-state index contributed by atoms with van der Waals surface area (Å²) in [6.45, 7) is 5.47. The molecule has 2 aliphatic heterocycles. The molecular weight excluding hydrogens is 214 g/mol. The Morgan fingerprint density at radius 2 is 2.18 bits per heavy atom. The minimum Gasteiger partial charge on any atom is -0.316 e. The van der Waals surface area contributed by atoms with Gasteiger partial charge < -0.3 is 14.8 Å². The van der Waals surface area contributed by atoms with Gasteiger partial charge in [0.2, 0.25) is 0 Å². The number of likely N-dealkylation sites (N-methyl/N-ethyl adjacent to an activating group) is 1. The highest BCUT2D eigenvalue weighted by Gasteiger charge is 2.24. The van der Waals surface area contributed by atoms with Crippen molar-refractivity contribution < 1.29 is 0 Å². The molecule has 1 aromatic rings. The Balaban J connectivity index is 1.83. The maximum atomic E-state index is 4.44. The average molecular weight is 235 g/mol. The van der Waals surface area contributed by atoms with Gasteiger partial charge in [-0.1, -0.05) is 0 Å². The fraction of sp³-hybridized carbons (Fsp3) is 0.833. The molecule has 0 saturated carbocycles. The van der Waals surface area contributed by atoms with E-state index in [1.807, 2.05) is 0 Å². The summed E-state index contributed by atoms with van der Waals surface area (Å²) in [5.74, 6) is 2.95. The van der Waals surface area contributed by atoms with E-state index in [9.17, 15) is 0 Å². The molecule has 3 rings (SSSR count). The first-order chi connectivity index (χ1) is 8.34. The van der Waals surface area contributed by atoms with E-state index in [2.05, 4.69) is 32.0 Å². The number of nitrogens with zero attached hydrogens (tertiary/aromatic N) is 4. The number of rotatable bonds is 1. The van der Waals surface area contributed by atoms with Gasteiger partial charge in [0.15, 0.2) is 0 Å². The highest BCUT2D eigenvalue weighted by molar-refractivity contribution is 5.05. The summed E-state index contributed by atoms with van der Waals surface area (Å²) in [4.78, 5) is 2.37. The number of fused-ring (bicyclic) bond motifs is 1. The second-order valence-electron chi connectivity index (χ2n) is 5.22. The van der Waals surface area contributed by atoms with Crippen molar-refractivity contribution in [1.29, 1.82) is 0 Å². The maximum absolute atomic E-state index is 4.44. The lowest BCUT2D eigenvalue weighted by Gasteiger charge is -2.22. The maximum Gasteiger partial charge on any atom is 0.137 e. The number of piperidine rings is 1. The normalized spacial score (nSPS) is 26.5. The number of nitrogens with one attached hydrogen (secondary N) is 1. The molecule has 1 aromatic heterocycles. The van der Waals surface area contributed by atoms with Crippen LogP contribution in [0.5, 0.6) is 0 Å².